The molecular formula is C19H12F3NO. The topological polar surface area (TPSA) is 30.0 Å². The molecule has 3 aromatic rings. The number of rotatable bonds is 3. The van der Waals surface area contributed by atoms with Crippen molar-refractivity contribution in [2.75, 3.05) is 0 Å². The van der Waals surface area contributed by atoms with Gasteiger partial charge in [-0.2, -0.15) is 13.2 Å². The minimum absolute atomic E-state index is 0.272. The van der Waals surface area contributed by atoms with Crippen LogP contribution in [0, 0.1) is 0 Å². The summed E-state index contributed by atoms with van der Waals surface area (Å²) in [5.41, 5.74) is 1.08. The van der Waals surface area contributed by atoms with Crippen LogP contribution in [-0.2, 0) is 6.18 Å². The van der Waals surface area contributed by atoms with Crippen molar-refractivity contribution >= 4 is 5.78 Å². The second kappa shape index (κ2) is 6.28. The lowest BCUT2D eigenvalue weighted by molar-refractivity contribution is -0.137. The number of alkyl halides is 3. The third-order valence-electron chi connectivity index (χ3n) is 3.59. The van der Waals surface area contributed by atoms with E-state index in [0.717, 1.165) is 12.1 Å². The Labute approximate surface area is 136 Å². The number of nitrogens with zero attached hydrogens (tertiary/aromatic N) is 1. The first-order valence-electron chi connectivity index (χ1n) is 7.19. The van der Waals surface area contributed by atoms with E-state index in [1.807, 2.05) is 0 Å². The van der Waals surface area contributed by atoms with E-state index in [0.29, 0.717) is 16.7 Å². The minimum atomic E-state index is -4.39. The lowest BCUT2D eigenvalue weighted by Crippen LogP contribution is -2.06. The van der Waals surface area contributed by atoms with Crippen LogP contribution >= 0.6 is 0 Å². The van der Waals surface area contributed by atoms with Gasteiger partial charge in [0.25, 0.3) is 0 Å². The van der Waals surface area contributed by atoms with Crippen molar-refractivity contribution in [1.29, 1.82) is 0 Å². The van der Waals surface area contributed by atoms with Crippen molar-refractivity contribution in [3.63, 3.8) is 0 Å². The van der Waals surface area contributed by atoms with Gasteiger partial charge in [-0.05, 0) is 35.4 Å². The Morgan fingerprint density at radius 2 is 1.50 bits per heavy atom. The van der Waals surface area contributed by atoms with Gasteiger partial charge in [-0.25, -0.2) is 0 Å². The van der Waals surface area contributed by atoms with Crippen molar-refractivity contribution in [2.24, 2.45) is 0 Å². The molecule has 1 heterocycles. The van der Waals surface area contributed by atoms with Gasteiger partial charge in [-0.1, -0.05) is 42.5 Å². The van der Waals surface area contributed by atoms with Gasteiger partial charge in [0.1, 0.15) is 5.69 Å². The van der Waals surface area contributed by atoms with Crippen LogP contribution in [0.25, 0.3) is 11.1 Å². The van der Waals surface area contributed by atoms with Crippen molar-refractivity contribution < 1.29 is 18.0 Å². The molecule has 0 fully saturated rings. The zero-order valence-electron chi connectivity index (χ0n) is 12.4. The molecule has 0 unspecified atom stereocenters. The second-order valence-corrected chi connectivity index (χ2v) is 5.16. The van der Waals surface area contributed by atoms with Gasteiger partial charge in [0, 0.05) is 11.8 Å². The zero-order chi connectivity index (χ0) is 17.2. The predicted octanol–water partition coefficient (Wildman–Crippen LogP) is 5.00. The summed E-state index contributed by atoms with van der Waals surface area (Å²) >= 11 is 0. The highest BCUT2D eigenvalue weighted by molar-refractivity contribution is 6.11. The number of ketones is 1. The Balaban J connectivity index is 2.03. The molecule has 1 aromatic heterocycles. The fraction of sp³-hybridized carbons (Fsp3) is 0.0526. The summed E-state index contributed by atoms with van der Waals surface area (Å²) in [6.07, 6.45) is -2.87. The van der Waals surface area contributed by atoms with Gasteiger partial charge in [0.15, 0.2) is 0 Å². The molecule has 0 amide bonds. The normalized spacial score (nSPS) is 11.3. The van der Waals surface area contributed by atoms with E-state index in [1.165, 1.54) is 18.3 Å². The van der Waals surface area contributed by atoms with Gasteiger partial charge < -0.3 is 0 Å². The lowest BCUT2D eigenvalue weighted by Gasteiger charge is -2.11. The van der Waals surface area contributed by atoms with Crippen LogP contribution in [0.2, 0.25) is 0 Å². The van der Waals surface area contributed by atoms with Crippen LogP contribution in [0.4, 0.5) is 13.2 Å². The lowest BCUT2D eigenvalue weighted by atomic mass is 9.95. The minimum Gasteiger partial charge on any atom is -0.287 e. The maximum absolute atomic E-state index is 12.7. The number of hydrogen-bond donors (Lipinski definition) is 0. The number of benzene rings is 2. The van der Waals surface area contributed by atoms with Crippen molar-refractivity contribution in [1.82, 2.24) is 4.98 Å². The monoisotopic (exact) mass is 327 g/mol. The van der Waals surface area contributed by atoms with Gasteiger partial charge in [0.2, 0.25) is 5.78 Å². The standard InChI is InChI=1S/C19H12F3NO/c20-19(21,22)14-10-8-13(9-11-14)15-5-1-2-6-16(15)18(24)17-7-3-4-12-23-17/h1-12H. The quantitative estimate of drug-likeness (QED) is 0.634. The van der Waals surface area contributed by atoms with E-state index in [9.17, 15) is 18.0 Å². The number of carbonyl (C=O) groups is 1. The molecule has 0 aliphatic rings. The molecule has 24 heavy (non-hydrogen) atoms. The first kappa shape index (κ1) is 15.9. The van der Waals surface area contributed by atoms with Crippen LogP contribution < -0.4 is 0 Å². The van der Waals surface area contributed by atoms with E-state index in [1.54, 1.807) is 42.5 Å². The molecule has 0 saturated carbocycles. The zero-order valence-corrected chi connectivity index (χ0v) is 12.4. The number of halogens is 3. The average molecular weight is 327 g/mol. The Hall–Kier alpha value is -2.95. The predicted molar refractivity (Wildman–Crippen MR) is 84.5 cm³/mol. The smallest absolute Gasteiger partial charge is 0.287 e. The van der Waals surface area contributed by atoms with Crippen LogP contribution in [0.5, 0.6) is 0 Å². The maximum atomic E-state index is 12.7. The number of hydrogen-bond acceptors (Lipinski definition) is 2. The maximum Gasteiger partial charge on any atom is 0.416 e. The van der Waals surface area contributed by atoms with Crippen LogP contribution in [-0.4, -0.2) is 10.8 Å². The summed E-state index contributed by atoms with van der Waals surface area (Å²) < 4.78 is 38.1. The SMILES string of the molecule is O=C(c1ccccn1)c1ccccc1-c1ccc(C(F)(F)F)cc1. The summed E-state index contributed by atoms with van der Waals surface area (Å²) in [5.74, 6) is -0.272. The fourth-order valence-corrected chi connectivity index (χ4v) is 2.41. The molecule has 0 spiro atoms. The Morgan fingerprint density at radius 1 is 0.833 bits per heavy atom. The molecule has 0 saturated heterocycles. The van der Waals surface area contributed by atoms with Crippen LogP contribution in [0.15, 0.2) is 72.9 Å². The summed E-state index contributed by atoms with van der Waals surface area (Å²) in [6, 6.07) is 16.6. The molecule has 0 aliphatic heterocycles. The third-order valence-corrected chi connectivity index (χ3v) is 3.59. The van der Waals surface area contributed by atoms with Gasteiger partial charge >= 0.3 is 6.18 Å². The molecule has 0 bridgehead atoms. The molecule has 0 aliphatic carbocycles. The second-order valence-electron chi connectivity index (χ2n) is 5.16. The Morgan fingerprint density at radius 3 is 2.12 bits per heavy atom. The number of aromatic nitrogens is 1. The van der Waals surface area contributed by atoms with E-state index in [-0.39, 0.29) is 11.5 Å². The average Bonchev–Trinajstić information content (AvgIpc) is 2.61. The van der Waals surface area contributed by atoms with Crippen molar-refractivity contribution in [2.45, 2.75) is 6.18 Å². The van der Waals surface area contributed by atoms with Crippen LogP contribution in [0.1, 0.15) is 21.6 Å². The van der Waals surface area contributed by atoms with Crippen LogP contribution in [0.3, 0.4) is 0 Å². The molecule has 5 heteroatoms. The van der Waals surface area contributed by atoms with E-state index in [4.69, 9.17) is 0 Å². The highest BCUT2D eigenvalue weighted by Crippen LogP contribution is 2.32. The van der Waals surface area contributed by atoms with Crippen molar-refractivity contribution in [3.8, 4) is 11.1 Å². The Kier molecular flexibility index (Phi) is 4.16. The first-order chi connectivity index (χ1) is 11.5. The van der Waals surface area contributed by atoms with Gasteiger partial charge in [-0.3, -0.25) is 9.78 Å². The summed E-state index contributed by atoms with van der Waals surface area (Å²) in [6.45, 7) is 0. The molecule has 2 nitrogen and oxygen atoms in total. The molecule has 0 N–H and O–H groups in total. The van der Waals surface area contributed by atoms with Gasteiger partial charge in [-0.15, -0.1) is 0 Å². The summed E-state index contributed by atoms with van der Waals surface area (Å²) in [5, 5.41) is 0. The number of pyridine rings is 1. The molecule has 0 atom stereocenters. The Bertz CT molecular complexity index is 856. The molecular weight excluding hydrogens is 315 g/mol. The molecule has 0 radical (unpaired) electrons. The molecule has 120 valence electrons. The fourth-order valence-electron chi connectivity index (χ4n) is 2.41. The largest absolute Gasteiger partial charge is 0.416 e. The highest BCUT2D eigenvalue weighted by Gasteiger charge is 2.30. The van der Waals surface area contributed by atoms with E-state index in [2.05, 4.69) is 4.98 Å². The molecule has 2 aromatic carbocycles. The summed E-state index contributed by atoms with van der Waals surface area (Å²) in [7, 11) is 0. The highest BCUT2D eigenvalue weighted by atomic mass is 19.4. The third kappa shape index (κ3) is 3.20. The summed E-state index contributed by atoms with van der Waals surface area (Å²) in [4.78, 5) is 16.7. The van der Waals surface area contributed by atoms with Gasteiger partial charge in [0.05, 0.1) is 5.56 Å². The van der Waals surface area contributed by atoms with Crippen molar-refractivity contribution in [3.05, 3.63) is 89.7 Å². The molecule has 3 rings (SSSR count). The number of carbonyl (C=O) groups excluding carboxylic acids is 1. The van der Waals surface area contributed by atoms with E-state index < -0.39 is 11.7 Å². The van der Waals surface area contributed by atoms with E-state index >= 15 is 0 Å². The first-order valence-corrected chi connectivity index (χ1v) is 7.19.